The van der Waals surface area contributed by atoms with E-state index in [1.807, 2.05) is 0 Å². The van der Waals surface area contributed by atoms with E-state index in [0.717, 1.165) is 13.0 Å². The standard InChI is InChI=1S/C23H35Cl2N3O3S/c1-2-21-6-3-4-12-27(21)13-5-11-26-23(29)18-9-14-28(15-10-18)32(30,31)17-19-7-8-20(24)16-22(19)25/h7-8,16,18,21H,2-6,9-15,17H2,1H3,(H,26,29). The minimum atomic E-state index is -3.49. The number of carbonyl (C=O) groups excluding carboxylic acids is 1. The molecule has 0 aliphatic carbocycles. The van der Waals surface area contributed by atoms with Crippen LogP contribution in [0.4, 0.5) is 0 Å². The van der Waals surface area contributed by atoms with E-state index in [2.05, 4.69) is 17.1 Å². The van der Waals surface area contributed by atoms with Crippen LogP contribution >= 0.6 is 23.2 Å². The zero-order valence-electron chi connectivity index (χ0n) is 18.9. The van der Waals surface area contributed by atoms with E-state index in [1.54, 1.807) is 18.2 Å². The minimum absolute atomic E-state index is 0.0495. The minimum Gasteiger partial charge on any atom is -0.356 e. The first kappa shape index (κ1) is 25.8. The molecular formula is C23H35Cl2N3O3S. The molecule has 1 N–H and O–H groups in total. The van der Waals surface area contributed by atoms with E-state index in [-0.39, 0.29) is 17.6 Å². The topological polar surface area (TPSA) is 69.7 Å². The normalized spacial score (nSPS) is 21.5. The number of halogens is 2. The Bertz CT molecular complexity index is 873. The largest absolute Gasteiger partial charge is 0.356 e. The second-order valence-corrected chi connectivity index (χ2v) is 11.7. The summed E-state index contributed by atoms with van der Waals surface area (Å²) in [6.45, 7) is 5.85. The van der Waals surface area contributed by atoms with Gasteiger partial charge in [-0.25, -0.2) is 12.7 Å². The number of hydrogen-bond donors (Lipinski definition) is 1. The first-order valence-corrected chi connectivity index (χ1v) is 14.1. The van der Waals surface area contributed by atoms with Crippen molar-refractivity contribution in [3.05, 3.63) is 33.8 Å². The summed E-state index contributed by atoms with van der Waals surface area (Å²) in [5.74, 6) is -0.234. The molecule has 0 radical (unpaired) electrons. The molecule has 0 saturated carbocycles. The lowest BCUT2D eigenvalue weighted by atomic mass is 9.97. The second-order valence-electron chi connectivity index (χ2n) is 8.90. The number of sulfonamides is 1. The molecule has 0 aromatic heterocycles. The molecule has 1 aromatic rings. The summed E-state index contributed by atoms with van der Waals surface area (Å²) in [7, 11) is -3.49. The SMILES string of the molecule is CCC1CCCCN1CCCNC(=O)C1CCN(S(=O)(=O)Cc2ccc(Cl)cc2Cl)CC1. The number of benzene rings is 1. The lowest BCUT2D eigenvalue weighted by Crippen LogP contribution is -2.44. The van der Waals surface area contributed by atoms with Crippen LogP contribution in [0.2, 0.25) is 10.0 Å². The average molecular weight is 505 g/mol. The predicted molar refractivity (Wildman–Crippen MR) is 131 cm³/mol. The van der Waals surface area contributed by atoms with Crippen LogP contribution in [0.3, 0.4) is 0 Å². The molecule has 0 bridgehead atoms. The number of likely N-dealkylation sites (tertiary alicyclic amines) is 1. The molecule has 3 rings (SSSR count). The lowest BCUT2D eigenvalue weighted by molar-refractivity contribution is -0.126. The first-order valence-electron chi connectivity index (χ1n) is 11.7. The highest BCUT2D eigenvalue weighted by Gasteiger charge is 2.31. The van der Waals surface area contributed by atoms with Crippen LogP contribution in [0.15, 0.2) is 18.2 Å². The highest BCUT2D eigenvalue weighted by Crippen LogP contribution is 2.26. The van der Waals surface area contributed by atoms with Gasteiger partial charge in [-0.05, 0) is 62.8 Å². The summed E-state index contributed by atoms with van der Waals surface area (Å²) < 4.78 is 27.1. The molecule has 2 aliphatic rings. The van der Waals surface area contributed by atoms with Gasteiger partial charge in [0, 0.05) is 48.2 Å². The Kier molecular flexibility index (Phi) is 9.68. The molecule has 0 spiro atoms. The second kappa shape index (κ2) is 12.0. The third-order valence-corrected chi connectivity index (χ3v) is 9.13. The zero-order valence-corrected chi connectivity index (χ0v) is 21.2. The number of nitrogens with one attached hydrogen (secondary N) is 1. The fourth-order valence-corrected chi connectivity index (χ4v) is 6.93. The third-order valence-electron chi connectivity index (χ3n) is 6.71. The van der Waals surface area contributed by atoms with E-state index in [1.165, 1.54) is 36.5 Å². The molecule has 9 heteroatoms. The van der Waals surface area contributed by atoms with Gasteiger partial charge < -0.3 is 10.2 Å². The maximum atomic E-state index is 12.8. The molecule has 180 valence electrons. The summed E-state index contributed by atoms with van der Waals surface area (Å²) in [6, 6.07) is 5.53. The molecule has 32 heavy (non-hydrogen) atoms. The highest BCUT2D eigenvalue weighted by molar-refractivity contribution is 7.88. The Morgan fingerprint density at radius 1 is 1.12 bits per heavy atom. The van der Waals surface area contributed by atoms with Gasteiger partial charge in [0.05, 0.1) is 5.75 Å². The van der Waals surface area contributed by atoms with Crippen molar-refractivity contribution in [2.24, 2.45) is 5.92 Å². The van der Waals surface area contributed by atoms with Crippen LogP contribution in [-0.4, -0.2) is 62.3 Å². The van der Waals surface area contributed by atoms with Crippen molar-refractivity contribution < 1.29 is 13.2 Å². The van der Waals surface area contributed by atoms with E-state index in [9.17, 15) is 13.2 Å². The van der Waals surface area contributed by atoms with Crippen LogP contribution < -0.4 is 5.32 Å². The Labute approximate surface area is 202 Å². The molecule has 1 amide bonds. The van der Waals surface area contributed by atoms with Gasteiger partial charge in [-0.3, -0.25) is 4.79 Å². The molecular weight excluding hydrogens is 469 g/mol. The fraction of sp³-hybridized carbons (Fsp3) is 0.696. The summed E-state index contributed by atoms with van der Waals surface area (Å²) in [6.07, 6.45) is 7.12. The van der Waals surface area contributed by atoms with Crippen LogP contribution in [0, 0.1) is 5.92 Å². The van der Waals surface area contributed by atoms with E-state index in [0.29, 0.717) is 54.1 Å². The molecule has 1 atom stereocenters. The molecule has 1 unspecified atom stereocenters. The number of carbonyl (C=O) groups is 1. The van der Waals surface area contributed by atoms with Gasteiger partial charge in [-0.1, -0.05) is 42.6 Å². The van der Waals surface area contributed by atoms with Crippen molar-refractivity contribution >= 4 is 39.1 Å². The zero-order chi connectivity index (χ0) is 23.1. The maximum Gasteiger partial charge on any atom is 0.223 e. The third kappa shape index (κ3) is 7.07. The van der Waals surface area contributed by atoms with Crippen LogP contribution in [0.5, 0.6) is 0 Å². The summed E-state index contributed by atoms with van der Waals surface area (Å²) in [5, 5.41) is 3.90. The Morgan fingerprint density at radius 2 is 1.88 bits per heavy atom. The summed E-state index contributed by atoms with van der Waals surface area (Å²) in [5.41, 5.74) is 0.537. The number of nitrogens with zero attached hydrogens (tertiary/aromatic N) is 2. The van der Waals surface area contributed by atoms with Crippen LogP contribution in [0.1, 0.15) is 57.4 Å². The maximum absolute atomic E-state index is 12.8. The smallest absolute Gasteiger partial charge is 0.223 e. The van der Waals surface area contributed by atoms with Crippen molar-refractivity contribution in [2.45, 2.75) is 63.7 Å². The van der Waals surface area contributed by atoms with Gasteiger partial charge in [0.25, 0.3) is 0 Å². The first-order chi connectivity index (χ1) is 15.3. The number of piperidine rings is 2. The Morgan fingerprint density at radius 3 is 2.56 bits per heavy atom. The van der Waals surface area contributed by atoms with Crippen molar-refractivity contribution in [3.8, 4) is 0 Å². The lowest BCUT2D eigenvalue weighted by Gasteiger charge is -2.35. The number of amides is 1. The predicted octanol–water partition coefficient (Wildman–Crippen LogP) is 4.31. The quantitative estimate of drug-likeness (QED) is 0.509. The number of rotatable bonds is 9. The number of hydrogen-bond acceptors (Lipinski definition) is 4. The molecule has 6 nitrogen and oxygen atoms in total. The van der Waals surface area contributed by atoms with Crippen LogP contribution in [0.25, 0.3) is 0 Å². The van der Waals surface area contributed by atoms with E-state index in [4.69, 9.17) is 23.2 Å². The van der Waals surface area contributed by atoms with E-state index >= 15 is 0 Å². The van der Waals surface area contributed by atoms with Crippen molar-refractivity contribution in [1.82, 2.24) is 14.5 Å². The molecule has 2 saturated heterocycles. The van der Waals surface area contributed by atoms with E-state index < -0.39 is 10.0 Å². The Hall–Kier alpha value is -0.860. The molecule has 2 fully saturated rings. The monoisotopic (exact) mass is 503 g/mol. The molecule has 2 heterocycles. The van der Waals surface area contributed by atoms with Crippen molar-refractivity contribution in [3.63, 3.8) is 0 Å². The van der Waals surface area contributed by atoms with Gasteiger partial charge in [0.2, 0.25) is 15.9 Å². The fourth-order valence-electron chi connectivity index (χ4n) is 4.78. The highest BCUT2D eigenvalue weighted by atomic mass is 35.5. The van der Waals surface area contributed by atoms with Gasteiger partial charge in [0.15, 0.2) is 0 Å². The summed E-state index contributed by atoms with van der Waals surface area (Å²) >= 11 is 12.0. The van der Waals surface area contributed by atoms with Crippen LogP contribution in [-0.2, 0) is 20.6 Å². The molecule has 1 aromatic carbocycles. The average Bonchev–Trinajstić information content (AvgIpc) is 2.78. The molecule has 2 aliphatic heterocycles. The van der Waals surface area contributed by atoms with Crippen molar-refractivity contribution in [1.29, 1.82) is 0 Å². The van der Waals surface area contributed by atoms with Gasteiger partial charge in [0.1, 0.15) is 0 Å². The van der Waals surface area contributed by atoms with Gasteiger partial charge >= 0.3 is 0 Å². The van der Waals surface area contributed by atoms with Crippen molar-refractivity contribution in [2.75, 3.05) is 32.7 Å². The Balaban J connectivity index is 1.40. The van der Waals surface area contributed by atoms with Gasteiger partial charge in [-0.2, -0.15) is 0 Å². The summed E-state index contributed by atoms with van der Waals surface area (Å²) in [4.78, 5) is 15.1. The van der Waals surface area contributed by atoms with Gasteiger partial charge in [-0.15, -0.1) is 0 Å².